The average Bonchev–Trinajstić information content (AvgIpc) is 3.96. The molecule has 2 aromatic heterocycles. The van der Waals surface area contributed by atoms with Crippen LogP contribution in [0.1, 0.15) is 62.6 Å². The molecule has 0 unspecified atom stereocenters. The van der Waals surface area contributed by atoms with Gasteiger partial charge in [0.05, 0.1) is 12.6 Å². The Kier molecular flexibility index (Phi) is 19.1. The van der Waals surface area contributed by atoms with Gasteiger partial charge in [-0.15, -0.1) is 6.58 Å². The van der Waals surface area contributed by atoms with Crippen LogP contribution in [0, 0.1) is 11.8 Å². The number of hydrogen-bond acceptors (Lipinski definition) is 9. The number of hydrogen-bond donors (Lipinski definition) is 10. The molecular weight excluding hydrogens is 903 g/mol. The summed E-state index contributed by atoms with van der Waals surface area (Å²) in [6.45, 7) is 8.24. The standard InChI is InChI=1S/C53H65N11O7/c1-4-25-64-26-15-6-9-23-42(47(55)65)59-52(70)44(28-35-17-7-5-8-18-35)62-53(71)46(30-37-32-57-41-22-13-11-20-39(37)41)61-49(67)34(3)58-51(69)45(29-36-31-56-40-21-12-10-19-38(36)40)63-50(68)43(24-14-16-27-64)60-48(66)33(2)54/h4-5,7-8,10-13,17-22,31-34,42-46,56-57H,1,6,9,15,23-30,54H2,2-3H3,(H2,55,65)(H,58,69)(H,59,70)(H,60,66)(H,61,67)(H,62,71)(H,63,68)/t33-,34-,42-,43-,44+,45+,46-/m0/s1. The fourth-order valence-corrected chi connectivity index (χ4v) is 8.43. The molecule has 18 nitrogen and oxygen atoms in total. The number of para-hydroxylation sites is 2. The van der Waals surface area contributed by atoms with Gasteiger partial charge in [0.2, 0.25) is 41.4 Å². The monoisotopic (exact) mass is 968 g/mol. The van der Waals surface area contributed by atoms with Crippen LogP contribution in [0.25, 0.3) is 21.8 Å². The fraction of sp³-hybridized carbons (Fsp3) is 0.377. The van der Waals surface area contributed by atoms with E-state index in [-0.39, 0.29) is 32.1 Å². The molecular formula is C53H65N11O7. The van der Waals surface area contributed by atoms with Crippen LogP contribution in [-0.4, -0.2) is 118 Å². The number of nitrogens with one attached hydrogen (secondary N) is 8. The van der Waals surface area contributed by atoms with Crippen molar-refractivity contribution in [2.45, 2.75) is 108 Å². The maximum Gasteiger partial charge on any atom is 0.244 e. The van der Waals surface area contributed by atoms with Crippen molar-refractivity contribution in [3.8, 4) is 11.8 Å². The highest BCUT2D eigenvalue weighted by Crippen LogP contribution is 2.21. The molecule has 7 atom stereocenters. The molecule has 1 aliphatic rings. The summed E-state index contributed by atoms with van der Waals surface area (Å²) >= 11 is 0. The number of nitrogens with zero attached hydrogens (tertiary/aromatic N) is 1. The fourth-order valence-electron chi connectivity index (χ4n) is 8.43. The van der Waals surface area contributed by atoms with Gasteiger partial charge in [0.15, 0.2) is 0 Å². The molecule has 0 aliphatic carbocycles. The zero-order chi connectivity index (χ0) is 50.9. The Labute approximate surface area is 413 Å². The summed E-state index contributed by atoms with van der Waals surface area (Å²) in [6.07, 6.45) is 7.29. The minimum absolute atomic E-state index is 0.0147. The van der Waals surface area contributed by atoms with Crippen LogP contribution < -0.4 is 43.4 Å². The Morgan fingerprint density at radius 1 is 0.718 bits per heavy atom. The lowest BCUT2D eigenvalue weighted by molar-refractivity contribution is -0.135. The van der Waals surface area contributed by atoms with Crippen molar-refractivity contribution in [2.75, 3.05) is 19.6 Å². The molecule has 0 bridgehead atoms. The Balaban J connectivity index is 1.34. The predicted molar refractivity (Wildman–Crippen MR) is 272 cm³/mol. The van der Waals surface area contributed by atoms with Gasteiger partial charge in [-0.05, 0) is 62.1 Å². The normalized spacial score (nSPS) is 22.4. The van der Waals surface area contributed by atoms with Gasteiger partial charge in [-0.25, -0.2) is 0 Å². The van der Waals surface area contributed by atoms with Gasteiger partial charge in [0, 0.05) is 66.4 Å². The minimum Gasteiger partial charge on any atom is -0.368 e. The first kappa shape index (κ1) is 52.6. The number of aromatic nitrogens is 2. The number of carbonyl (C=O) groups is 7. The molecule has 6 rings (SSSR count). The van der Waals surface area contributed by atoms with E-state index in [1.807, 2.05) is 66.7 Å². The van der Waals surface area contributed by atoms with Crippen LogP contribution >= 0.6 is 0 Å². The topological polar surface area (TPSA) is 279 Å². The number of fused-ring (bicyclic) bond motifs is 2. The summed E-state index contributed by atoms with van der Waals surface area (Å²) in [5.41, 5.74) is 15.4. The van der Waals surface area contributed by atoms with Gasteiger partial charge >= 0.3 is 0 Å². The molecule has 0 saturated heterocycles. The third-order valence-electron chi connectivity index (χ3n) is 12.4. The van der Waals surface area contributed by atoms with Crippen LogP contribution in [0.2, 0.25) is 0 Å². The van der Waals surface area contributed by atoms with Crippen LogP contribution in [0.15, 0.2) is 104 Å². The van der Waals surface area contributed by atoms with Crippen LogP contribution in [-0.2, 0) is 52.8 Å². The number of benzene rings is 3. The van der Waals surface area contributed by atoms with Crippen LogP contribution in [0.4, 0.5) is 0 Å². The summed E-state index contributed by atoms with van der Waals surface area (Å²) in [5.74, 6) is 1.28. The van der Waals surface area contributed by atoms with Crippen LogP contribution in [0.5, 0.6) is 0 Å². The SMILES string of the molecule is C=CCN1CC#CC[C@H](NC(=O)[C@H](C)N)C(=O)N[C@H](Cc2c[nH]c3ccccc23)C(=O)N[C@@H](C)C(=O)N[C@@H](Cc2c[nH]c3ccccc23)C(=O)N[C@H](Cc2ccccc2)C(=O)N[C@H](C(N)=O)CCCCC1. The lowest BCUT2D eigenvalue weighted by Crippen LogP contribution is -2.60. The molecule has 374 valence electrons. The van der Waals surface area contributed by atoms with Crippen molar-refractivity contribution in [1.82, 2.24) is 46.8 Å². The molecule has 7 amide bonds. The number of primary amides is 1. The van der Waals surface area contributed by atoms with E-state index in [4.69, 9.17) is 11.5 Å². The maximum absolute atomic E-state index is 14.6. The predicted octanol–water partition coefficient (Wildman–Crippen LogP) is 1.89. The van der Waals surface area contributed by atoms with E-state index in [0.717, 1.165) is 27.4 Å². The summed E-state index contributed by atoms with van der Waals surface area (Å²) < 4.78 is 0. The number of aromatic amines is 2. The second-order valence-electron chi connectivity index (χ2n) is 18.0. The van der Waals surface area contributed by atoms with Gasteiger partial charge in [-0.1, -0.05) is 97.5 Å². The number of H-pyrrole nitrogens is 2. The largest absolute Gasteiger partial charge is 0.368 e. The highest BCUT2D eigenvalue weighted by atomic mass is 16.2. The van der Waals surface area contributed by atoms with Gasteiger partial charge in [0.25, 0.3) is 0 Å². The summed E-state index contributed by atoms with van der Waals surface area (Å²) in [5, 5.41) is 18.3. The Hall–Kier alpha value is -7.75. The van der Waals surface area contributed by atoms with Crippen molar-refractivity contribution < 1.29 is 33.6 Å². The van der Waals surface area contributed by atoms with Crippen molar-refractivity contribution in [3.63, 3.8) is 0 Å². The van der Waals surface area contributed by atoms with E-state index in [1.54, 1.807) is 30.6 Å². The molecule has 0 fully saturated rings. The minimum atomic E-state index is -1.28. The molecule has 3 aromatic carbocycles. The third kappa shape index (κ3) is 15.1. The summed E-state index contributed by atoms with van der Waals surface area (Å²) in [7, 11) is 0. The highest BCUT2D eigenvalue weighted by molar-refractivity contribution is 5.98. The van der Waals surface area contributed by atoms with Gasteiger partial charge in [0.1, 0.15) is 36.3 Å². The Bertz CT molecular complexity index is 2740. The van der Waals surface area contributed by atoms with E-state index >= 15 is 0 Å². The number of rotatable bonds is 11. The molecule has 71 heavy (non-hydrogen) atoms. The average molecular weight is 968 g/mol. The zero-order valence-electron chi connectivity index (χ0n) is 40.2. The van der Waals surface area contributed by atoms with E-state index in [1.165, 1.54) is 13.8 Å². The molecule has 3 heterocycles. The van der Waals surface area contributed by atoms with Crippen molar-refractivity contribution in [2.24, 2.45) is 11.5 Å². The Morgan fingerprint density at radius 3 is 1.87 bits per heavy atom. The van der Waals surface area contributed by atoms with E-state index in [2.05, 4.69) is 65.2 Å². The van der Waals surface area contributed by atoms with Crippen LogP contribution in [0.3, 0.4) is 0 Å². The summed E-state index contributed by atoms with van der Waals surface area (Å²) in [6, 6.07) is 15.7. The molecule has 12 N–H and O–H groups in total. The molecule has 5 aromatic rings. The van der Waals surface area contributed by atoms with Gasteiger partial charge in [-0.2, -0.15) is 0 Å². The van der Waals surface area contributed by atoms with Gasteiger partial charge < -0.3 is 53.3 Å². The van der Waals surface area contributed by atoms with E-state index in [9.17, 15) is 33.6 Å². The first-order chi connectivity index (χ1) is 34.2. The molecule has 1 aliphatic heterocycles. The van der Waals surface area contributed by atoms with Gasteiger partial charge in [-0.3, -0.25) is 38.5 Å². The third-order valence-corrected chi connectivity index (χ3v) is 12.4. The first-order valence-corrected chi connectivity index (χ1v) is 24.0. The second kappa shape index (κ2) is 25.7. The number of nitrogens with two attached hydrogens (primary N) is 2. The smallest absolute Gasteiger partial charge is 0.244 e. The maximum atomic E-state index is 14.6. The zero-order valence-corrected chi connectivity index (χ0v) is 40.2. The molecule has 18 heteroatoms. The van der Waals surface area contributed by atoms with E-state index in [0.29, 0.717) is 50.0 Å². The Morgan fingerprint density at radius 2 is 1.27 bits per heavy atom. The second-order valence-corrected chi connectivity index (χ2v) is 18.0. The van der Waals surface area contributed by atoms with Crippen molar-refractivity contribution >= 4 is 63.2 Å². The van der Waals surface area contributed by atoms with Crippen molar-refractivity contribution in [3.05, 3.63) is 121 Å². The number of amides is 7. The number of carbonyl (C=O) groups excluding carboxylic acids is 7. The molecule has 0 radical (unpaired) electrons. The van der Waals surface area contributed by atoms with Crippen molar-refractivity contribution in [1.29, 1.82) is 0 Å². The highest BCUT2D eigenvalue weighted by Gasteiger charge is 2.33. The first-order valence-electron chi connectivity index (χ1n) is 24.0. The quantitative estimate of drug-likeness (QED) is 0.0683. The molecule has 0 saturated carbocycles. The summed E-state index contributed by atoms with van der Waals surface area (Å²) in [4.78, 5) is 106. The lowest BCUT2D eigenvalue weighted by Gasteiger charge is -2.27. The lowest BCUT2D eigenvalue weighted by atomic mass is 10.0. The molecule has 0 spiro atoms. The van der Waals surface area contributed by atoms with E-state index < -0.39 is 83.6 Å².